The number of aromatic nitrogens is 2. The minimum atomic E-state index is -4.38. The van der Waals surface area contributed by atoms with E-state index in [0.29, 0.717) is 30.0 Å². The molecule has 2 fully saturated rings. The van der Waals surface area contributed by atoms with Crippen molar-refractivity contribution in [3.8, 4) is 17.1 Å². The molecule has 11 heteroatoms. The highest BCUT2D eigenvalue weighted by molar-refractivity contribution is 8.00. The van der Waals surface area contributed by atoms with E-state index in [4.69, 9.17) is 9.72 Å². The van der Waals surface area contributed by atoms with Gasteiger partial charge in [0.25, 0.3) is 5.91 Å². The molecule has 4 bridgehead atoms. The molecule has 3 aliphatic rings. The summed E-state index contributed by atoms with van der Waals surface area (Å²) in [6.45, 7) is 4.65. The Morgan fingerprint density at radius 2 is 1.66 bits per heavy atom. The Bertz CT molecular complexity index is 1810. The fourth-order valence-corrected chi connectivity index (χ4v) is 8.14. The Hall–Kier alpha value is -4.09. The summed E-state index contributed by atoms with van der Waals surface area (Å²) in [6.07, 6.45) is -1.51. The van der Waals surface area contributed by atoms with Gasteiger partial charge in [-0.25, -0.2) is 4.98 Å². The number of ether oxygens (including phenoxy) is 1. The molecule has 262 valence electrons. The van der Waals surface area contributed by atoms with Crippen molar-refractivity contribution in [3.63, 3.8) is 0 Å². The zero-order chi connectivity index (χ0) is 34.9. The first-order valence-electron chi connectivity index (χ1n) is 17.4. The number of fused-ring (bicyclic) bond motifs is 4. The number of nitrogens with zero attached hydrogens (tertiary/aromatic N) is 3. The Balaban J connectivity index is 1.23. The fourth-order valence-electron chi connectivity index (χ4n) is 7.51. The highest BCUT2D eigenvalue weighted by Gasteiger charge is 2.64. The SMILES string of the molecule is Cc1cccc(C)c1-c1cc2nc(n1)NSc1cccc(c1)C(=O)N([C@H]1CC[C@H](NCc3ccccc3)CC1)[C@H](CC1(C(F)(F)F)CC1)CO2. The number of rotatable bonds is 7. The molecule has 2 saturated carbocycles. The largest absolute Gasteiger partial charge is 0.475 e. The third-order valence-electron chi connectivity index (χ3n) is 10.4. The number of amides is 1. The first-order valence-corrected chi connectivity index (χ1v) is 18.2. The van der Waals surface area contributed by atoms with Crippen LogP contribution < -0.4 is 14.8 Å². The molecule has 0 saturated heterocycles. The fraction of sp³-hybridized carbons (Fsp3) is 0.410. The van der Waals surface area contributed by atoms with Crippen LogP contribution in [0.15, 0.2) is 83.8 Å². The van der Waals surface area contributed by atoms with E-state index in [-0.39, 0.29) is 49.7 Å². The molecule has 7 nitrogen and oxygen atoms in total. The van der Waals surface area contributed by atoms with Crippen LogP contribution in [0.4, 0.5) is 19.1 Å². The smallest absolute Gasteiger partial charge is 0.394 e. The first-order chi connectivity index (χ1) is 24.1. The Kier molecular flexibility index (Phi) is 9.80. The molecule has 1 amide bonds. The maximum absolute atomic E-state index is 14.6. The van der Waals surface area contributed by atoms with Crippen LogP contribution >= 0.6 is 11.9 Å². The summed E-state index contributed by atoms with van der Waals surface area (Å²) in [4.78, 5) is 26.5. The zero-order valence-corrected chi connectivity index (χ0v) is 29.1. The summed E-state index contributed by atoms with van der Waals surface area (Å²) in [7, 11) is 0. The third kappa shape index (κ3) is 7.49. The summed E-state index contributed by atoms with van der Waals surface area (Å²) in [5.74, 6) is 0.285. The normalized spacial score (nSPS) is 22.0. The maximum Gasteiger partial charge on any atom is 0.394 e. The van der Waals surface area contributed by atoms with Gasteiger partial charge in [-0.2, -0.15) is 18.2 Å². The van der Waals surface area contributed by atoms with Crippen molar-refractivity contribution in [2.24, 2.45) is 5.41 Å². The summed E-state index contributed by atoms with van der Waals surface area (Å²) in [6, 6.07) is 24.4. The average molecular weight is 702 g/mol. The molecule has 2 aliphatic carbocycles. The Labute approximate surface area is 295 Å². The van der Waals surface area contributed by atoms with Crippen LogP contribution in [-0.4, -0.2) is 51.7 Å². The second kappa shape index (κ2) is 14.3. The number of nitrogens with one attached hydrogen (secondary N) is 2. The molecule has 4 aromatic rings. The van der Waals surface area contributed by atoms with Gasteiger partial charge in [0.05, 0.1) is 17.2 Å². The van der Waals surface area contributed by atoms with Gasteiger partial charge in [-0.15, -0.1) is 0 Å². The standard InChI is InChI=1S/C39H42F3N5O2S/c1-25-8-6-9-26(2)35(25)33-21-34-45-37(44-33)46-50-32-13-7-12-28(20-32)36(48)47(31(24-49-34)22-38(18-19-38)39(40,41)42)30-16-14-29(15-17-30)43-23-27-10-4-3-5-11-27/h3-13,20-21,29-31,43H,14-19,22-24H2,1-2H3,(H,44,45,46)/t29-,30-,31-/m1/s1. The van der Waals surface area contributed by atoms with E-state index in [1.54, 1.807) is 23.1 Å². The minimum absolute atomic E-state index is 0.0512. The molecule has 1 atom stereocenters. The van der Waals surface area contributed by atoms with Gasteiger partial charge in [0.1, 0.15) is 6.61 Å². The summed E-state index contributed by atoms with van der Waals surface area (Å²) in [5, 5.41) is 3.65. The maximum atomic E-state index is 14.6. The van der Waals surface area contributed by atoms with Gasteiger partial charge < -0.3 is 15.0 Å². The van der Waals surface area contributed by atoms with Gasteiger partial charge in [-0.05, 0) is 106 Å². The number of aryl methyl sites for hydroxylation is 2. The van der Waals surface area contributed by atoms with Gasteiger partial charge in [-0.3, -0.25) is 9.52 Å². The van der Waals surface area contributed by atoms with Crippen LogP contribution in [0.2, 0.25) is 0 Å². The van der Waals surface area contributed by atoms with Crippen LogP contribution in [0.1, 0.15) is 72.0 Å². The van der Waals surface area contributed by atoms with Crippen LogP contribution in [0.25, 0.3) is 11.3 Å². The third-order valence-corrected chi connectivity index (χ3v) is 11.2. The molecule has 3 aromatic carbocycles. The molecule has 0 unspecified atom stereocenters. The Morgan fingerprint density at radius 1 is 0.940 bits per heavy atom. The lowest BCUT2D eigenvalue weighted by atomic mass is 9.87. The summed E-state index contributed by atoms with van der Waals surface area (Å²) >= 11 is 1.27. The molecule has 2 N–H and O–H groups in total. The topological polar surface area (TPSA) is 79.4 Å². The number of benzene rings is 3. The first kappa shape index (κ1) is 34.4. The van der Waals surface area contributed by atoms with E-state index in [9.17, 15) is 18.0 Å². The quantitative estimate of drug-likeness (QED) is 0.186. The number of carbonyl (C=O) groups is 1. The summed E-state index contributed by atoms with van der Waals surface area (Å²) in [5.41, 5.74) is 3.46. The molecule has 2 heterocycles. The van der Waals surface area contributed by atoms with E-state index in [0.717, 1.165) is 41.0 Å². The van der Waals surface area contributed by atoms with E-state index in [1.807, 2.05) is 62.4 Å². The van der Waals surface area contributed by atoms with E-state index < -0.39 is 17.6 Å². The van der Waals surface area contributed by atoms with Crippen molar-refractivity contribution < 1.29 is 22.7 Å². The average Bonchev–Trinajstić information content (AvgIpc) is 3.91. The lowest BCUT2D eigenvalue weighted by Gasteiger charge is -2.43. The zero-order valence-electron chi connectivity index (χ0n) is 28.3. The molecule has 1 aliphatic heterocycles. The van der Waals surface area contributed by atoms with Crippen LogP contribution in [0.3, 0.4) is 0 Å². The highest BCUT2D eigenvalue weighted by atomic mass is 32.2. The molecule has 0 radical (unpaired) electrons. The molecular formula is C39H42F3N5O2S. The van der Waals surface area contributed by atoms with Crippen molar-refractivity contribution in [1.29, 1.82) is 0 Å². The van der Waals surface area contributed by atoms with Gasteiger partial charge in [0, 0.05) is 40.7 Å². The van der Waals surface area contributed by atoms with E-state index >= 15 is 0 Å². The molecule has 7 rings (SSSR count). The van der Waals surface area contributed by atoms with Crippen molar-refractivity contribution in [3.05, 3.63) is 101 Å². The summed E-state index contributed by atoms with van der Waals surface area (Å²) < 4.78 is 53.3. The van der Waals surface area contributed by atoms with E-state index in [2.05, 4.69) is 27.2 Å². The molecule has 1 aromatic heterocycles. The number of hydrogen-bond acceptors (Lipinski definition) is 7. The van der Waals surface area contributed by atoms with E-state index in [1.165, 1.54) is 17.5 Å². The van der Waals surface area contributed by atoms with Crippen LogP contribution in [-0.2, 0) is 6.54 Å². The van der Waals surface area contributed by atoms with Gasteiger partial charge in [0.15, 0.2) is 0 Å². The number of anilines is 1. The van der Waals surface area contributed by atoms with Crippen molar-refractivity contribution >= 4 is 23.8 Å². The predicted octanol–water partition coefficient (Wildman–Crippen LogP) is 8.92. The van der Waals surface area contributed by atoms with Crippen molar-refractivity contribution in [2.75, 3.05) is 11.3 Å². The number of halogens is 3. The predicted molar refractivity (Wildman–Crippen MR) is 190 cm³/mol. The highest BCUT2D eigenvalue weighted by Crippen LogP contribution is 2.61. The second-order valence-electron chi connectivity index (χ2n) is 13.9. The number of carbonyl (C=O) groups excluding carboxylic acids is 1. The van der Waals surface area contributed by atoms with Gasteiger partial charge in [-0.1, -0.05) is 54.6 Å². The Morgan fingerprint density at radius 3 is 2.36 bits per heavy atom. The second-order valence-corrected chi connectivity index (χ2v) is 14.8. The van der Waals surface area contributed by atoms with Crippen LogP contribution in [0.5, 0.6) is 5.88 Å². The monoisotopic (exact) mass is 701 g/mol. The lowest BCUT2D eigenvalue weighted by Crippen LogP contribution is -2.53. The number of alkyl halides is 3. The molecule has 0 spiro atoms. The lowest BCUT2D eigenvalue weighted by molar-refractivity contribution is -0.193. The van der Waals surface area contributed by atoms with Crippen LogP contribution in [0, 0.1) is 19.3 Å². The van der Waals surface area contributed by atoms with Crippen molar-refractivity contribution in [1.82, 2.24) is 20.2 Å². The van der Waals surface area contributed by atoms with Gasteiger partial charge in [0.2, 0.25) is 11.8 Å². The number of hydrogen-bond donors (Lipinski definition) is 2. The van der Waals surface area contributed by atoms with Crippen molar-refractivity contribution in [2.45, 2.75) is 94.5 Å². The minimum Gasteiger partial charge on any atom is -0.475 e. The van der Waals surface area contributed by atoms with Gasteiger partial charge >= 0.3 is 6.18 Å². The molecular weight excluding hydrogens is 660 g/mol. The molecule has 50 heavy (non-hydrogen) atoms.